The van der Waals surface area contributed by atoms with Gasteiger partial charge in [-0.25, -0.2) is 0 Å². The SMILES string of the molecule is CC(C)CO[Si](C[Si](C)(C)O[Si](C)(O[Si](C)(C)C[Si](OCC(C)C)(OCC(C)C)O[Si](C)(C)CC(C)C)O[Si](C)(C)C[Si](OCC(C)C)(OCC(C)C)O[Si](C)(C)CC(C)C)(OCC(C)C)O[SiH2]CC(C)C. The molecule has 0 aliphatic heterocycles. The molecule has 0 aromatic carbocycles. The van der Waals surface area contributed by atoms with Crippen LogP contribution in [0.3, 0.4) is 0 Å². The lowest BCUT2D eigenvalue weighted by molar-refractivity contribution is 0.0836. The molecule has 0 unspecified atom stereocenters. The van der Waals surface area contributed by atoms with Crippen molar-refractivity contribution in [2.24, 2.45) is 53.3 Å². The molecular formula is C50H122O12Si10. The first-order valence-electron chi connectivity index (χ1n) is 28.4. The van der Waals surface area contributed by atoms with Crippen molar-refractivity contribution in [2.75, 3.05) is 39.6 Å². The molecule has 0 rings (SSSR count). The highest BCUT2D eigenvalue weighted by atomic mass is 28.5. The van der Waals surface area contributed by atoms with E-state index in [1.54, 1.807) is 0 Å². The summed E-state index contributed by atoms with van der Waals surface area (Å²) in [7, 11) is -27.7. The van der Waals surface area contributed by atoms with Crippen LogP contribution in [-0.4, -0.2) is 126 Å². The van der Waals surface area contributed by atoms with E-state index < -0.39 is 86.6 Å². The zero-order valence-corrected chi connectivity index (χ0v) is 63.2. The molecule has 0 saturated heterocycles. The molecule has 0 spiro atoms. The zero-order chi connectivity index (χ0) is 56.4. The van der Waals surface area contributed by atoms with Crippen LogP contribution in [0.2, 0.25) is 107 Å². The number of hydrogen-bond acceptors (Lipinski definition) is 12. The summed E-state index contributed by atoms with van der Waals surface area (Å²) in [5.74, 6) is 3.35. The molecule has 0 N–H and O–H groups in total. The second kappa shape index (κ2) is 32.2. The van der Waals surface area contributed by atoms with Crippen molar-refractivity contribution >= 4 is 86.6 Å². The quantitative estimate of drug-likeness (QED) is 0.0543. The van der Waals surface area contributed by atoms with Gasteiger partial charge in [-0.1, -0.05) is 125 Å². The average molecular weight is 1200 g/mol. The van der Waals surface area contributed by atoms with Crippen molar-refractivity contribution in [3.05, 3.63) is 0 Å². The highest BCUT2D eigenvalue weighted by Gasteiger charge is 2.60. The average Bonchev–Trinajstić information content (AvgIpc) is 3.13. The smallest absolute Gasteiger partial charge is 0.421 e. The predicted octanol–water partition coefficient (Wildman–Crippen LogP) is 14.6. The summed E-state index contributed by atoms with van der Waals surface area (Å²) in [6.07, 6.45) is 0. The molecular weight excluding hydrogens is 1070 g/mol. The molecule has 0 saturated carbocycles. The molecule has 0 bridgehead atoms. The van der Waals surface area contributed by atoms with Gasteiger partial charge in [-0.2, -0.15) is 0 Å². The largest absolute Gasteiger partial charge is 0.489 e. The Kier molecular flexibility index (Phi) is 33.0. The Morgan fingerprint density at radius 1 is 0.278 bits per heavy atom. The van der Waals surface area contributed by atoms with Gasteiger partial charge in [0.05, 0.1) is 0 Å². The second-order valence-electron chi connectivity index (χ2n) is 28.2. The molecule has 0 aromatic heterocycles. The van der Waals surface area contributed by atoms with Gasteiger partial charge in [0, 0.05) is 63.2 Å². The van der Waals surface area contributed by atoms with Gasteiger partial charge in [0.25, 0.3) is 0 Å². The summed E-state index contributed by atoms with van der Waals surface area (Å²) >= 11 is 0. The first kappa shape index (κ1) is 73.7. The first-order valence-corrected chi connectivity index (χ1v) is 53.6. The molecule has 22 heteroatoms. The van der Waals surface area contributed by atoms with Crippen LogP contribution >= 0.6 is 0 Å². The van der Waals surface area contributed by atoms with Gasteiger partial charge < -0.3 is 51.2 Å². The summed E-state index contributed by atoms with van der Waals surface area (Å²) < 4.78 is 88.1. The molecule has 72 heavy (non-hydrogen) atoms. The number of hydrogen-bond donors (Lipinski definition) is 0. The van der Waals surface area contributed by atoms with E-state index in [2.05, 4.69) is 197 Å². The molecule has 0 aromatic rings. The number of rotatable bonds is 42. The highest BCUT2D eigenvalue weighted by Crippen LogP contribution is 2.39. The summed E-state index contributed by atoms with van der Waals surface area (Å²) in [6.45, 7) is 68.6. The Hall–Kier alpha value is 1.69. The van der Waals surface area contributed by atoms with E-state index in [9.17, 15) is 0 Å². The van der Waals surface area contributed by atoms with Gasteiger partial charge >= 0.3 is 35.2 Å². The third-order valence-corrected chi connectivity index (χ3v) is 55.4. The van der Waals surface area contributed by atoms with Crippen LogP contribution in [0.1, 0.15) is 125 Å². The van der Waals surface area contributed by atoms with Crippen molar-refractivity contribution in [1.82, 2.24) is 0 Å². The molecule has 0 fully saturated rings. The Morgan fingerprint density at radius 2 is 0.514 bits per heavy atom. The fourth-order valence-electron chi connectivity index (χ4n) is 9.10. The van der Waals surface area contributed by atoms with Crippen LogP contribution in [0.4, 0.5) is 0 Å². The van der Waals surface area contributed by atoms with Crippen LogP contribution in [-0.2, 0) is 51.2 Å². The molecule has 0 aliphatic carbocycles. The summed E-state index contributed by atoms with van der Waals surface area (Å²) in [6, 6.07) is 3.07. The van der Waals surface area contributed by atoms with E-state index in [1.165, 1.54) is 0 Å². The molecule has 12 nitrogen and oxygen atoms in total. The second-order valence-corrected chi connectivity index (χ2v) is 64.6. The third kappa shape index (κ3) is 34.0. The predicted molar refractivity (Wildman–Crippen MR) is 329 cm³/mol. The molecule has 0 atom stereocenters. The molecule has 434 valence electrons. The molecule has 0 aliphatic rings. The van der Waals surface area contributed by atoms with Crippen molar-refractivity contribution in [3.63, 3.8) is 0 Å². The summed E-state index contributed by atoms with van der Waals surface area (Å²) in [4.78, 5) is 0. The van der Waals surface area contributed by atoms with Crippen LogP contribution in [0.5, 0.6) is 0 Å². The Balaban J connectivity index is 8.27. The van der Waals surface area contributed by atoms with Gasteiger partial charge in [0.1, 0.15) is 0 Å². The van der Waals surface area contributed by atoms with Crippen LogP contribution in [0.15, 0.2) is 0 Å². The van der Waals surface area contributed by atoms with E-state index in [-0.39, 0.29) is 0 Å². The lowest BCUT2D eigenvalue weighted by Gasteiger charge is -2.47. The Labute approximate surface area is 459 Å². The van der Waals surface area contributed by atoms with Crippen LogP contribution in [0.25, 0.3) is 0 Å². The van der Waals surface area contributed by atoms with E-state index in [0.717, 1.165) is 18.1 Å². The normalized spacial score (nSPS) is 14.9. The Bertz CT molecular complexity index is 1360. The standard InChI is InChI=1S/C50H122O12Si10/c1-42(2)30-51-70(52-31-43(3)4,57-63-36-48(13)14)39-66(23,24)58-69(29,59-67(25,26)40-71(53-32-44(5)6,54-33-45(7)8)61-64(19,20)37-49(15)16)60-68(27,28)41-72(55-34-46(9)10,56-35-47(11)12)62-65(21,22)38-50(17)18/h42-50H,30-41,63H2,1-29H3. The van der Waals surface area contributed by atoms with E-state index in [1.807, 2.05) is 0 Å². The van der Waals surface area contributed by atoms with E-state index >= 15 is 0 Å². The summed E-state index contributed by atoms with van der Waals surface area (Å²) in [5.41, 5.74) is 1.76. The maximum absolute atomic E-state index is 7.87. The van der Waals surface area contributed by atoms with Crippen molar-refractivity contribution in [2.45, 2.75) is 232 Å². The van der Waals surface area contributed by atoms with Crippen molar-refractivity contribution < 1.29 is 51.2 Å². The topological polar surface area (TPSA) is 111 Å². The van der Waals surface area contributed by atoms with Gasteiger partial charge in [-0.15, -0.1) is 0 Å². The van der Waals surface area contributed by atoms with E-state index in [4.69, 9.17) is 51.2 Å². The molecule has 0 radical (unpaired) electrons. The van der Waals surface area contributed by atoms with Gasteiger partial charge in [-0.05, 0) is 137 Å². The minimum atomic E-state index is -3.66. The lowest BCUT2D eigenvalue weighted by Crippen LogP contribution is -2.66. The summed E-state index contributed by atoms with van der Waals surface area (Å²) in [5, 5.41) is 0. The van der Waals surface area contributed by atoms with Crippen LogP contribution < -0.4 is 0 Å². The van der Waals surface area contributed by atoms with Crippen molar-refractivity contribution in [1.29, 1.82) is 0 Å². The van der Waals surface area contributed by atoms with Crippen molar-refractivity contribution in [3.8, 4) is 0 Å². The first-order chi connectivity index (χ1) is 32.4. The minimum absolute atomic E-state index is 0.302. The monoisotopic (exact) mass is 1190 g/mol. The minimum Gasteiger partial charge on any atom is -0.421 e. The molecule has 0 amide bonds. The lowest BCUT2D eigenvalue weighted by atomic mass is 10.2. The van der Waals surface area contributed by atoms with Gasteiger partial charge in [0.15, 0.2) is 51.4 Å². The Morgan fingerprint density at radius 3 is 0.736 bits per heavy atom. The fraction of sp³-hybridized carbons (Fsp3) is 1.00. The highest BCUT2D eigenvalue weighted by molar-refractivity contribution is 6.98. The maximum atomic E-state index is 7.87. The molecule has 0 heterocycles. The maximum Gasteiger partial charge on any atom is 0.489 e. The van der Waals surface area contributed by atoms with Gasteiger partial charge in [0.2, 0.25) is 0 Å². The van der Waals surface area contributed by atoms with Gasteiger partial charge in [-0.3, -0.25) is 0 Å². The fourth-order valence-corrected chi connectivity index (χ4v) is 62.7. The van der Waals surface area contributed by atoms with Crippen LogP contribution in [0, 0.1) is 53.3 Å². The van der Waals surface area contributed by atoms with E-state index in [0.29, 0.717) is 110 Å². The zero-order valence-electron chi connectivity index (χ0n) is 52.8. The third-order valence-electron chi connectivity index (χ3n) is 10.8.